The summed E-state index contributed by atoms with van der Waals surface area (Å²) in [6.07, 6.45) is 1.28. The van der Waals surface area contributed by atoms with Gasteiger partial charge in [-0.05, 0) is 5.56 Å². The van der Waals surface area contributed by atoms with Crippen LogP contribution in [0.1, 0.15) is 5.56 Å². The topological polar surface area (TPSA) is 111 Å². The molecule has 0 spiro atoms. The van der Waals surface area contributed by atoms with E-state index in [4.69, 9.17) is 9.47 Å². The number of hydrogen-bond acceptors (Lipinski definition) is 9. The number of esters is 1. The van der Waals surface area contributed by atoms with Crippen molar-refractivity contribution < 1.29 is 19.2 Å². The number of hydrogen-bond donors (Lipinski definition) is 0. The van der Waals surface area contributed by atoms with Crippen molar-refractivity contribution in [2.45, 2.75) is 6.54 Å². The highest BCUT2D eigenvalue weighted by Gasteiger charge is 2.31. The molecule has 10 heteroatoms. The lowest BCUT2D eigenvalue weighted by molar-refractivity contribution is -0.383. The maximum absolute atomic E-state index is 11.9. The molecule has 3 rings (SSSR count). The smallest absolute Gasteiger partial charge is 0.353 e. The van der Waals surface area contributed by atoms with Gasteiger partial charge in [-0.25, -0.2) is 9.97 Å². The van der Waals surface area contributed by atoms with Crippen LogP contribution in [0.5, 0.6) is 0 Å². The third-order valence-corrected chi connectivity index (χ3v) is 4.34. The minimum absolute atomic E-state index is 0.0794. The summed E-state index contributed by atoms with van der Waals surface area (Å²) in [6.45, 7) is 2.00. The molecule has 1 aliphatic rings. The van der Waals surface area contributed by atoms with Crippen LogP contribution in [0.3, 0.4) is 0 Å². The molecule has 2 heterocycles. The number of benzene rings is 1. The minimum Gasteiger partial charge on any atom is -0.468 e. The zero-order valence-corrected chi connectivity index (χ0v) is 15.5. The average Bonchev–Trinajstić information content (AvgIpc) is 2.74. The van der Waals surface area contributed by atoms with E-state index in [1.165, 1.54) is 18.3 Å². The first-order chi connectivity index (χ1) is 13.6. The predicted molar refractivity (Wildman–Crippen MR) is 101 cm³/mol. The number of methoxy groups -OCH3 is 1. The van der Waals surface area contributed by atoms with Gasteiger partial charge in [0, 0.05) is 19.6 Å². The maximum atomic E-state index is 11.9. The molecule has 0 unspecified atom stereocenters. The second-order valence-corrected chi connectivity index (χ2v) is 6.14. The van der Waals surface area contributed by atoms with Crippen LogP contribution in [0.2, 0.25) is 0 Å². The molecule has 0 atom stereocenters. The van der Waals surface area contributed by atoms with Crippen LogP contribution >= 0.6 is 0 Å². The summed E-state index contributed by atoms with van der Waals surface area (Å²) in [5.41, 5.74) is 0.650. The molecule has 1 aromatic heterocycles. The molecule has 0 radical (unpaired) electrons. The second kappa shape index (κ2) is 9.09. The van der Waals surface area contributed by atoms with Gasteiger partial charge in [-0.15, -0.1) is 0 Å². The van der Waals surface area contributed by atoms with Crippen LogP contribution in [-0.2, 0) is 20.8 Å². The zero-order valence-electron chi connectivity index (χ0n) is 15.5. The zero-order chi connectivity index (χ0) is 19.9. The quantitative estimate of drug-likeness (QED) is 0.395. The Kier molecular flexibility index (Phi) is 6.33. The molecule has 148 valence electrons. The minimum atomic E-state index is -0.517. The fourth-order valence-electron chi connectivity index (χ4n) is 2.99. The summed E-state index contributed by atoms with van der Waals surface area (Å²) >= 11 is 0. The maximum Gasteiger partial charge on any atom is 0.353 e. The van der Waals surface area contributed by atoms with E-state index in [1.807, 2.05) is 30.3 Å². The molecule has 1 aromatic carbocycles. The van der Waals surface area contributed by atoms with Gasteiger partial charge in [0.15, 0.2) is 0 Å². The highest BCUT2D eigenvalue weighted by Crippen LogP contribution is 2.35. The molecule has 0 aliphatic carbocycles. The van der Waals surface area contributed by atoms with E-state index in [2.05, 4.69) is 9.97 Å². The van der Waals surface area contributed by atoms with Crippen LogP contribution in [0.15, 0.2) is 36.7 Å². The van der Waals surface area contributed by atoms with Crippen molar-refractivity contribution in [3.63, 3.8) is 0 Å². The van der Waals surface area contributed by atoms with E-state index in [0.29, 0.717) is 26.3 Å². The Balaban J connectivity index is 2.02. The van der Waals surface area contributed by atoms with Crippen LogP contribution in [0.25, 0.3) is 0 Å². The number of nitrogens with zero attached hydrogens (tertiary/aromatic N) is 5. The third kappa shape index (κ3) is 4.52. The molecule has 0 N–H and O–H groups in total. The fraction of sp³-hybridized carbons (Fsp3) is 0.389. The number of carbonyl (C=O) groups is 1. The summed E-state index contributed by atoms with van der Waals surface area (Å²) in [5, 5.41) is 11.9. The van der Waals surface area contributed by atoms with Crippen LogP contribution in [0.4, 0.5) is 17.3 Å². The standard InChI is InChI=1S/C18H21N5O5/c1-27-15(24)12-22(11-14-5-3-2-4-6-14)18-16(23(25)26)17(19-13-20-18)21-7-9-28-10-8-21/h2-6,13H,7-12H2,1H3. The van der Waals surface area contributed by atoms with Gasteiger partial charge in [0.05, 0.1) is 25.2 Å². The van der Waals surface area contributed by atoms with Gasteiger partial charge in [0.1, 0.15) is 12.9 Å². The Labute approximate surface area is 161 Å². The molecule has 10 nitrogen and oxygen atoms in total. The summed E-state index contributed by atoms with van der Waals surface area (Å²) in [4.78, 5) is 35.0. The van der Waals surface area contributed by atoms with Gasteiger partial charge in [-0.3, -0.25) is 14.9 Å². The van der Waals surface area contributed by atoms with E-state index in [0.717, 1.165) is 5.56 Å². The van der Waals surface area contributed by atoms with Gasteiger partial charge in [0.2, 0.25) is 11.6 Å². The molecular weight excluding hydrogens is 366 g/mol. The molecule has 1 aliphatic heterocycles. The van der Waals surface area contributed by atoms with Gasteiger partial charge in [-0.2, -0.15) is 0 Å². The van der Waals surface area contributed by atoms with E-state index in [9.17, 15) is 14.9 Å². The molecule has 1 saturated heterocycles. The summed E-state index contributed by atoms with van der Waals surface area (Å²) in [6, 6.07) is 9.34. The molecule has 2 aromatic rings. The van der Waals surface area contributed by atoms with Crippen molar-refractivity contribution in [2.75, 3.05) is 49.8 Å². The van der Waals surface area contributed by atoms with Gasteiger partial charge >= 0.3 is 11.7 Å². The molecule has 28 heavy (non-hydrogen) atoms. The number of morpholine rings is 1. The number of rotatable bonds is 7. The monoisotopic (exact) mass is 387 g/mol. The molecule has 1 fully saturated rings. The van der Waals surface area contributed by atoms with E-state index < -0.39 is 10.9 Å². The Morgan fingerprint density at radius 2 is 2.00 bits per heavy atom. The fourth-order valence-corrected chi connectivity index (χ4v) is 2.99. The number of anilines is 2. The number of ether oxygens (including phenoxy) is 2. The third-order valence-electron chi connectivity index (χ3n) is 4.34. The second-order valence-electron chi connectivity index (χ2n) is 6.14. The van der Waals surface area contributed by atoms with E-state index in [-0.39, 0.29) is 30.4 Å². The summed E-state index contributed by atoms with van der Waals surface area (Å²) < 4.78 is 10.1. The SMILES string of the molecule is COC(=O)CN(Cc1ccccc1)c1ncnc(N2CCOCC2)c1[N+](=O)[O-]. The van der Waals surface area contributed by atoms with Crippen molar-refractivity contribution in [3.05, 3.63) is 52.3 Å². The first-order valence-corrected chi connectivity index (χ1v) is 8.78. The normalized spacial score (nSPS) is 13.8. The van der Waals surface area contributed by atoms with Crippen molar-refractivity contribution in [1.82, 2.24) is 9.97 Å². The first kappa shape index (κ1) is 19.5. The molecule has 0 bridgehead atoms. The van der Waals surface area contributed by atoms with Crippen molar-refractivity contribution in [3.8, 4) is 0 Å². The average molecular weight is 387 g/mol. The predicted octanol–water partition coefficient (Wildman–Crippen LogP) is 1.40. The Morgan fingerprint density at radius 1 is 1.29 bits per heavy atom. The lowest BCUT2D eigenvalue weighted by Crippen LogP contribution is -2.38. The van der Waals surface area contributed by atoms with Gasteiger partial charge in [0.25, 0.3) is 0 Å². The van der Waals surface area contributed by atoms with Gasteiger partial charge < -0.3 is 19.3 Å². The highest BCUT2D eigenvalue weighted by molar-refractivity contribution is 5.79. The Hall–Kier alpha value is -3.27. The summed E-state index contributed by atoms with van der Waals surface area (Å²) in [5.74, 6) is -0.214. The first-order valence-electron chi connectivity index (χ1n) is 8.78. The molecule has 0 saturated carbocycles. The number of carbonyl (C=O) groups excluding carboxylic acids is 1. The molecular formula is C18H21N5O5. The van der Waals surface area contributed by atoms with Crippen LogP contribution in [0, 0.1) is 10.1 Å². The van der Waals surface area contributed by atoms with Crippen molar-refractivity contribution >= 4 is 23.3 Å². The largest absolute Gasteiger partial charge is 0.468 e. The lowest BCUT2D eigenvalue weighted by Gasteiger charge is -2.29. The number of aromatic nitrogens is 2. The summed E-state index contributed by atoms with van der Waals surface area (Å²) in [7, 11) is 1.27. The van der Waals surface area contributed by atoms with E-state index in [1.54, 1.807) is 4.90 Å². The van der Waals surface area contributed by atoms with E-state index >= 15 is 0 Å². The molecule has 0 amide bonds. The lowest BCUT2D eigenvalue weighted by atomic mass is 10.2. The van der Waals surface area contributed by atoms with Crippen molar-refractivity contribution in [2.24, 2.45) is 0 Å². The Bertz CT molecular complexity index is 826. The van der Waals surface area contributed by atoms with Crippen LogP contribution < -0.4 is 9.80 Å². The van der Waals surface area contributed by atoms with Crippen LogP contribution in [-0.4, -0.2) is 60.8 Å². The highest BCUT2D eigenvalue weighted by atomic mass is 16.6. The number of nitro groups is 1. The van der Waals surface area contributed by atoms with Crippen molar-refractivity contribution in [1.29, 1.82) is 0 Å². The van der Waals surface area contributed by atoms with Gasteiger partial charge in [-0.1, -0.05) is 30.3 Å². The Morgan fingerprint density at radius 3 is 2.64 bits per heavy atom.